The van der Waals surface area contributed by atoms with Crippen molar-refractivity contribution in [3.8, 4) is 5.75 Å². The first-order valence-electron chi connectivity index (χ1n) is 6.54. The van der Waals surface area contributed by atoms with E-state index in [1.165, 1.54) is 6.26 Å². The molecule has 1 fully saturated rings. The Bertz CT molecular complexity index is 569. The summed E-state index contributed by atoms with van der Waals surface area (Å²) in [6, 6.07) is 7.35. The summed E-state index contributed by atoms with van der Waals surface area (Å²) in [5.74, 6) is 0.507. The molecule has 0 radical (unpaired) electrons. The molecule has 5 nitrogen and oxygen atoms in total. The monoisotopic (exact) mass is 299 g/mol. The van der Waals surface area contributed by atoms with E-state index in [4.69, 9.17) is 15.2 Å². The third-order valence-electron chi connectivity index (χ3n) is 3.79. The number of methoxy groups -OCH3 is 1. The Morgan fingerprint density at radius 2 is 1.90 bits per heavy atom. The first kappa shape index (κ1) is 15.3. The van der Waals surface area contributed by atoms with Gasteiger partial charge in [-0.1, -0.05) is 12.1 Å². The summed E-state index contributed by atoms with van der Waals surface area (Å²) in [5, 5.41) is -0.588. The Labute approximate surface area is 120 Å². The summed E-state index contributed by atoms with van der Waals surface area (Å²) in [4.78, 5) is 0. The molecule has 2 N–H and O–H groups in total. The van der Waals surface area contributed by atoms with Gasteiger partial charge in [0.2, 0.25) is 0 Å². The summed E-state index contributed by atoms with van der Waals surface area (Å²) in [5.41, 5.74) is 6.35. The van der Waals surface area contributed by atoms with E-state index in [0.29, 0.717) is 6.61 Å². The van der Waals surface area contributed by atoms with Crippen LogP contribution < -0.4 is 10.5 Å². The highest BCUT2D eigenvalue weighted by molar-refractivity contribution is 7.91. The largest absolute Gasteiger partial charge is 0.497 e. The average Bonchev–Trinajstić information content (AvgIpc) is 3.03. The molecule has 20 heavy (non-hydrogen) atoms. The Hall–Kier alpha value is -1.11. The van der Waals surface area contributed by atoms with Crippen molar-refractivity contribution in [2.75, 3.05) is 26.6 Å². The van der Waals surface area contributed by atoms with Crippen molar-refractivity contribution in [2.45, 2.75) is 23.6 Å². The van der Waals surface area contributed by atoms with Gasteiger partial charge in [-0.3, -0.25) is 0 Å². The molecule has 6 heteroatoms. The first-order chi connectivity index (χ1) is 9.34. The molecule has 0 unspecified atom stereocenters. The van der Waals surface area contributed by atoms with Crippen LogP contribution in [0.4, 0.5) is 0 Å². The number of nitrogens with two attached hydrogens (primary N) is 1. The smallest absolute Gasteiger partial charge is 0.152 e. The third kappa shape index (κ3) is 2.68. The first-order valence-corrected chi connectivity index (χ1v) is 8.49. The minimum absolute atomic E-state index is 0.227. The normalized spacial score (nSPS) is 29.2. The van der Waals surface area contributed by atoms with Crippen LogP contribution in [0, 0.1) is 0 Å². The average molecular weight is 299 g/mol. The number of hydrogen-bond acceptors (Lipinski definition) is 5. The highest BCUT2D eigenvalue weighted by Crippen LogP contribution is 2.54. The fourth-order valence-corrected chi connectivity index (χ4v) is 4.65. The quantitative estimate of drug-likeness (QED) is 0.845. The van der Waals surface area contributed by atoms with Gasteiger partial charge in [0, 0.05) is 18.8 Å². The molecule has 112 valence electrons. The van der Waals surface area contributed by atoms with Crippen LogP contribution in [0.3, 0.4) is 0 Å². The van der Waals surface area contributed by atoms with E-state index in [0.717, 1.165) is 11.3 Å². The minimum Gasteiger partial charge on any atom is -0.497 e. The van der Waals surface area contributed by atoms with Gasteiger partial charge in [-0.15, -0.1) is 0 Å². The molecule has 3 atom stereocenters. The molecule has 1 aromatic rings. The highest BCUT2D eigenvalue weighted by Gasteiger charge is 2.68. The predicted molar refractivity (Wildman–Crippen MR) is 77.8 cm³/mol. The lowest BCUT2D eigenvalue weighted by atomic mass is 10.1. The van der Waals surface area contributed by atoms with E-state index in [1.54, 1.807) is 7.11 Å². The Kier molecular flexibility index (Phi) is 4.09. The zero-order chi connectivity index (χ0) is 15.0. The molecule has 1 aliphatic rings. The van der Waals surface area contributed by atoms with Crippen molar-refractivity contribution < 1.29 is 17.9 Å². The minimum atomic E-state index is -3.22. The standard InChI is InChI=1S/C14H21NO4S/c1-4-19-9-14(15)12(13(14)20(3,16)17)10-5-7-11(18-2)8-6-10/h5-8,12-13H,4,9,15H2,1-3H3/t12-,13+,14-/m1/s1. The molecule has 1 aromatic carbocycles. The van der Waals surface area contributed by atoms with Gasteiger partial charge in [0.1, 0.15) is 5.75 Å². The number of hydrogen-bond donors (Lipinski definition) is 1. The SMILES string of the molecule is CCOC[C@@]1(N)[C@H](c2ccc(OC)cc2)[C@@H]1S(C)(=O)=O. The van der Waals surface area contributed by atoms with Crippen LogP contribution in [-0.2, 0) is 14.6 Å². The van der Waals surface area contributed by atoms with Crippen LogP contribution in [0.1, 0.15) is 18.4 Å². The molecular formula is C14H21NO4S. The van der Waals surface area contributed by atoms with Crippen LogP contribution in [-0.4, -0.2) is 45.8 Å². The predicted octanol–water partition coefficient (Wildman–Crippen LogP) is 0.940. The summed E-state index contributed by atoms with van der Waals surface area (Å²) in [7, 11) is -1.63. The van der Waals surface area contributed by atoms with Crippen LogP contribution in [0.2, 0.25) is 0 Å². The lowest BCUT2D eigenvalue weighted by molar-refractivity contribution is 0.125. The molecule has 0 amide bonds. The fourth-order valence-electron chi connectivity index (χ4n) is 2.82. The van der Waals surface area contributed by atoms with Gasteiger partial charge in [0.05, 0.1) is 24.5 Å². The van der Waals surface area contributed by atoms with E-state index in [2.05, 4.69) is 0 Å². The highest BCUT2D eigenvalue weighted by atomic mass is 32.2. The van der Waals surface area contributed by atoms with E-state index in [-0.39, 0.29) is 12.5 Å². The lowest BCUT2D eigenvalue weighted by Gasteiger charge is -2.11. The van der Waals surface area contributed by atoms with E-state index >= 15 is 0 Å². The number of rotatable bonds is 6. The molecule has 0 bridgehead atoms. The Morgan fingerprint density at radius 3 is 2.35 bits per heavy atom. The van der Waals surface area contributed by atoms with Gasteiger partial charge in [0.15, 0.2) is 9.84 Å². The van der Waals surface area contributed by atoms with Crippen LogP contribution in [0.5, 0.6) is 5.75 Å². The van der Waals surface area contributed by atoms with Crippen LogP contribution in [0.25, 0.3) is 0 Å². The number of ether oxygens (including phenoxy) is 2. The number of benzene rings is 1. The maximum atomic E-state index is 11.9. The molecule has 2 rings (SSSR count). The maximum absolute atomic E-state index is 11.9. The third-order valence-corrected chi connectivity index (χ3v) is 5.43. The van der Waals surface area contributed by atoms with Gasteiger partial charge in [-0.05, 0) is 24.6 Å². The van der Waals surface area contributed by atoms with E-state index in [9.17, 15) is 8.42 Å². The molecule has 0 aliphatic heterocycles. The van der Waals surface area contributed by atoms with Crippen LogP contribution >= 0.6 is 0 Å². The zero-order valence-corrected chi connectivity index (χ0v) is 12.8. The molecule has 0 aromatic heterocycles. The van der Waals surface area contributed by atoms with Gasteiger partial charge in [-0.2, -0.15) is 0 Å². The van der Waals surface area contributed by atoms with Crippen molar-refractivity contribution in [1.29, 1.82) is 0 Å². The van der Waals surface area contributed by atoms with Gasteiger partial charge in [0.25, 0.3) is 0 Å². The molecular weight excluding hydrogens is 278 g/mol. The van der Waals surface area contributed by atoms with Crippen molar-refractivity contribution in [3.63, 3.8) is 0 Å². The molecule has 0 heterocycles. The molecule has 1 aliphatic carbocycles. The second-order valence-corrected chi connectivity index (χ2v) is 7.42. The van der Waals surface area contributed by atoms with Crippen molar-refractivity contribution in [3.05, 3.63) is 29.8 Å². The maximum Gasteiger partial charge on any atom is 0.152 e. The topological polar surface area (TPSA) is 78.6 Å². The van der Waals surface area contributed by atoms with E-state index < -0.39 is 20.6 Å². The second-order valence-electron chi connectivity index (χ2n) is 5.25. The zero-order valence-electron chi connectivity index (χ0n) is 12.0. The van der Waals surface area contributed by atoms with Crippen molar-refractivity contribution in [1.82, 2.24) is 0 Å². The van der Waals surface area contributed by atoms with Crippen molar-refractivity contribution in [2.24, 2.45) is 5.73 Å². The van der Waals surface area contributed by atoms with Crippen molar-refractivity contribution >= 4 is 9.84 Å². The summed E-state index contributed by atoms with van der Waals surface area (Å²) in [6.45, 7) is 2.63. The fraction of sp³-hybridized carbons (Fsp3) is 0.571. The van der Waals surface area contributed by atoms with Gasteiger partial charge >= 0.3 is 0 Å². The second kappa shape index (κ2) is 5.35. The Morgan fingerprint density at radius 1 is 1.30 bits per heavy atom. The van der Waals surface area contributed by atoms with E-state index in [1.807, 2.05) is 31.2 Å². The molecule has 1 saturated carbocycles. The lowest BCUT2D eigenvalue weighted by Crippen LogP contribution is -2.36. The Balaban J connectivity index is 2.28. The summed E-state index contributed by atoms with van der Waals surface area (Å²) >= 11 is 0. The summed E-state index contributed by atoms with van der Waals surface area (Å²) < 4.78 is 34.3. The molecule has 0 spiro atoms. The van der Waals surface area contributed by atoms with Gasteiger partial charge < -0.3 is 15.2 Å². The molecule has 0 saturated heterocycles. The summed E-state index contributed by atoms with van der Waals surface area (Å²) in [6.07, 6.45) is 1.23. The van der Waals surface area contributed by atoms with Gasteiger partial charge in [-0.25, -0.2) is 8.42 Å². The van der Waals surface area contributed by atoms with Crippen LogP contribution in [0.15, 0.2) is 24.3 Å². The number of sulfone groups is 1.